The molecular formula is C10H16N4O4. The first kappa shape index (κ1) is 14.0. The summed E-state index contributed by atoms with van der Waals surface area (Å²) in [7, 11) is 1.52. The third kappa shape index (κ3) is 3.45. The highest BCUT2D eigenvalue weighted by molar-refractivity contribution is 5.83. The Kier molecular flexibility index (Phi) is 4.67. The Morgan fingerprint density at radius 1 is 1.61 bits per heavy atom. The second-order valence-corrected chi connectivity index (χ2v) is 3.85. The molecule has 5 N–H and O–H groups in total. The number of nitrogens with one attached hydrogen (secondary N) is 2. The summed E-state index contributed by atoms with van der Waals surface area (Å²) in [6.45, 7) is 0.154. The van der Waals surface area contributed by atoms with Crippen molar-refractivity contribution in [1.29, 1.82) is 0 Å². The van der Waals surface area contributed by atoms with Crippen molar-refractivity contribution >= 4 is 11.9 Å². The van der Waals surface area contributed by atoms with Gasteiger partial charge >= 0.3 is 11.7 Å². The molecule has 0 unspecified atom stereocenters. The van der Waals surface area contributed by atoms with Crippen LogP contribution >= 0.6 is 0 Å². The summed E-state index contributed by atoms with van der Waals surface area (Å²) >= 11 is 0. The maximum atomic E-state index is 11.3. The van der Waals surface area contributed by atoms with Gasteiger partial charge in [-0.25, -0.2) is 9.59 Å². The van der Waals surface area contributed by atoms with Crippen LogP contribution in [0.1, 0.15) is 12.1 Å². The van der Waals surface area contributed by atoms with Gasteiger partial charge in [0.15, 0.2) is 0 Å². The zero-order chi connectivity index (χ0) is 13.7. The Morgan fingerprint density at radius 3 is 2.72 bits per heavy atom. The van der Waals surface area contributed by atoms with Crippen molar-refractivity contribution < 1.29 is 14.7 Å². The third-order valence-electron chi connectivity index (χ3n) is 2.52. The highest BCUT2D eigenvalue weighted by Gasteiger charge is 2.21. The van der Waals surface area contributed by atoms with Crippen LogP contribution in [0.25, 0.3) is 0 Å². The van der Waals surface area contributed by atoms with E-state index >= 15 is 0 Å². The maximum Gasteiger partial charge on any atom is 0.326 e. The number of amides is 1. The highest BCUT2D eigenvalue weighted by atomic mass is 16.4. The summed E-state index contributed by atoms with van der Waals surface area (Å²) in [4.78, 5) is 35.9. The summed E-state index contributed by atoms with van der Waals surface area (Å²) in [6, 6.07) is -1.08. The fraction of sp³-hybridized carbons (Fsp3) is 0.500. The molecule has 8 heteroatoms. The first-order valence-corrected chi connectivity index (χ1v) is 5.41. The summed E-state index contributed by atoms with van der Waals surface area (Å²) in [5.41, 5.74) is 5.37. The lowest BCUT2D eigenvalue weighted by molar-refractivity contribution is -0.141. The number of carboxylic acid groups (broad SMARTS) is 1. The van der Waals surface area contributed by atoms with E-state index in [9.17, 15) is 14.4 Å². The van der Waals surface area contributed by atoms with E-state index in [0.29, 0.717) is 5.69 Å². The summed E-state index contributed by atoms with van der Waals surface area (Å²) < 4.78 is 1.30. The van der Waals surface area contributed by atoms with Crippen LogP contribution in [0.3, 0.4) is 0 Å². The largest absolute Gasteiger partial charge is 0.480 e. The summed E-state index contributed by atoms with van der Waals surface area (Å²) in [6.07, 6.45) is 1.52. The Balaban J connectivity index is 2.75. The lowest BCUT2D eigenvalue weighted by atomic mass is 10.1. The van der Waals surface area contributed by atoms with Crippen molar-refractivity contribution in [3.05, 3.63) is 22.4 Å². The maximum absolute atomic E-state index is 11.3. The van der Waals surface area contributed by atoms with Gasteiger partial charge in [0.25, 0.3) is 0 Å². The van der Waals surface area contributed by atoms with Crippen LogP contribution in [0.5, 0.6) is 0 Å². The topological polar surface area (TPSA) is 130 Å². The van der Waals surface area contributed by atoms with Crippen LogP contribution in [0.15, 0.2) is 11.0 Å². The molecule has 1 aromatic rings. The lowest BCUT2D eigenvalue weighted by Crippen LogP contribution is -2.43. The quantitative estimate of drug-likeness (QED) is 0.476. The van der Waals surface area contributed by atoms with Crippen LogP contribution in [-0.2, 0) is 23.1 Å². The average molecular weight is 256 g/mol. The number of hydrogen-bond donors (Lipinski definition) is 4. The van der Waals surface area contributed by atoms with E-state index in [1.807, 2.05) is 0 Å². The molecule has 0 fully saturated rings. The van der Waals surface area contributed by atoms with Gasteiger partial charge in [-0.1, -0.05) is 0 Å². The number of carboxylic acids is 1. The van der Waals surface area contributed by atoms with Gasteiger partial charge in [-0.05, 0) is 0 Å². The van der Waals surface area contributed by atoms with E-state index in [1.54, 1.807) is 0 Å². The SMILES string of the molecule is Cn1c(C[C@H](NC(=O)CCN)C(=O)O)c[nH]c1=O. The number of hydrogen-bond acceptors (Lipinski definition) is 4. The minimum atomic E-state index is -1.16. The molecule has 0 aliphatic carbocycles. The molecule has 0 saturated heterocycles. The predicted octanol–water partition coefficient (Wildman–Crippen LogP) is -1.83. The number of rotatable bonds is 6. The van der Waals surface area contributed by atoms with E-state index < -0.39 is 17.9 Å². The molecule has 18 heavy (non-hydrogen) atoms. The van der Waals surface area contributed by atoms with Gasteiger partial charge in [-0.15, -0.1) is 0 Å². The molecule has 0 spiro atoms. The minimum Gasteiger partial charge on any atom is -0.480 e. The monoisotopic (exact) mass is 256 g/mol. The molecule has 8 nitrogen and oxygen atoms in total. The molecule has 1 aromatic heterocycles. The van der Waals surface area contributed by atoms with Crippen LogP contribution in [0.4, 0.5) is 0 Å². The van der Waals surface area contributed by atoms with E-state index in [1.165, 1.54) is 17.8 Å². The number of imidazole rings is 1. The molecule has 0 aromatic carbocycles. The summed E-state index contributed by atoms with van der Waals surface area (Å²) in [5.74, 6) is -1.58. The first-order valence-electron chi connectivity index (χ1n) is 5.41. The van der Waals surface area contributed by atoms with Crippen molar-refractivity contribution in [2.75, 3.05) is 6.54 Å². The number of aromatic amines is 1. The Hall–Kier alpha value is -2.09. The molecule has 0 radical (unpaired) electrons. The fourth-order valence-electron chi connectivity index (χ4n) is 1.47. The van der Waals surface area contributed by atoms with Gasteiger partial charge < -0.3 is 21.1 Å². The predicted molar refractivity (Wildman–Crippen MR) is 63.0 cm³/mol. The normalized spacial score (nSPS) is 12.1. The molecular weight excluding hydrogens is 240 g/mol. The number of aliphatic carboxylic acids is 1. The van der Waals surface area contributed by atoms with E-state index in [4.69, 9.17) is 10.8 Å². The second-order valence-electron chi connectivity index (χ2n) is 3.85. The Bertz CT molecular complexity index is 490. The van der Waals surface area contributed by atoms with Gasteiger partial charge in [0.1, 0.15) is 6.04 Å². The van der Waals surface area contributed by atoms with Crippen molar-refractivity contribution in [3.63, 3.8) is 0 Å². The molecule has 0 aliphatic heterocycles. The Labute approximate surface area is 103 Å². The average Bonchev–Trinajstić information content (AvgIpc) is 2.60. The number of aromatic nitrogens is 2. The van der Waals surface area contributed by atoms with Crippen molar-refractivity contribution in [2.24, 2.45) is 12.8 Å². The van der Waals surface area contributed by atoms with E-state index in [2.05, 4.69) is 10.3 Å². The molecule has 1 amide bonds. The molecule has 1 rings (SSSR count). The van der Waals surface area contributed by atoms with Crippen LogP contribution in [-0.4, -0.2) is 39.1 Å². The van der Waals surface area contributed by atoms with Crippen molar-refractivity contribution in [1.82, 2.24) is 14.9 Å². The first-order chi connectivity index (χ1) is 8.45. The number of carbonyl (C=O) groups is 2. The number of nitrogens with two attached hydrogens (primary N) is 1. The van der Waals surface area contributed by atoms with Gasteiger partial charge in [0, 0.05) is 38.3 Å². The zero-order valence-electron chi connectivity index (χ0n) is 9.97. The molecule has 0 saturated carbocycles. The van der Waals surface area contributed by atoms with Crippen LogP contribution < -0.4 is 16.7 Å². The van der Waals surface area contributed by atoms with Crippen LogP contribution in [0.2, 0.25) is 0 Å². The molecule has 1 atom stereocenters. The standard InChI is InChI=1S/C10H16N4O4/c1-14-6(5-12-10(14)18)4-7(9(16)17)13-8(15)2-3-11/h5,7H,2-4,11H2,1H3,(H,12,18)(H,13,15)(H,16,17)/t7-/m0/s1. The molecule has 0 bridgehead atoms. The second kappa shape index (κ2) is 6.01. The van der Waals surface area contributed by atoms with E-state index in [0.717, 1.165) is 0 Å². The molecule has 0 aliphatic rings. The fourth-order valence-corrected chi connectivity index (χ4v) is 1.47. The summed E-state index contributed by atoms with van der Waals surface area (Å²) in [5, 5.41) is 11.4. The Morgan fingerprint density at radius 2 is 2.28 bits per heavy atom. The number of nitrogens with zero attached hydrogens (tertiary/aromatic N) is 1. The molecule has 100 valence electrons. The van der Waals surface area contributed by atoms with Crippen molar-refractivity contribution in [3.8, 4) is 0 Å². The minimum absolute atomic E-state index is 0.0287. The van der Waals surface area contributed by atoms with Gasteiger partial charge in [-0.2, -0.15) is 0 Å². The van der Waals surface area contributed by atoms with Gasteiger partial charge in [0.2, 0.25) is 5.91 Å². The molecule has 1 heterocycles. The van der Waals surface area contributed by atoms with Crippen molar-refractivity contribution in [2.45, 2.75) is 18.9 Å². The lowest BCUT2D eigenvalue weighted by Gasteiger charge is -2.14. The zero-order valence-corrected chi connectivity index (χ0v) is 9.97. The smallest absolute Gasteiger partial charge is 0.326 e. The third-order valence-corrected chi connectivity index (χ3v) is 2.52. The van der Waals surface area contributed by atoms with Gasteiger partial charge in [-0.3, -0.25) is 9.36 Å². The number of H-pyrrole nitrogens is 1. The van der Waals surface area contributed by atoms with E-state index in [-0.39, 0.29) is 25.1 Å². The van der Waals surface area contributed by atoms with Crippen LogP contribution in [0, 0.1) is 0 Å². The number of carbonyl (C=O) groups excluding carboxylic acids is 1. The van der Waals surface area contributed by atoms with Gasteiger partial charge in [0.05, 0.1) is 0 Å². The highest BCUT2D eigenvalue weighted by Crippen LogP contribution is 2.00.